The monoisotopic (exact) mass is 286 g/mol. The lowest BCUT2D eigenvalue weighted by atomic mass is 10.1. The summed E-state index contributed by atoms with van der Waals surface area (Å²) in [7, 11) is 0. The Bertz CT molecular complexity index is 286. The average molecular weight is 286 g/mol. The topological polar surface area (TPSA) is 61.8 Å². The van der Waals surface area contributed by atoms with E-state index in [-0.39, 0.29) is 30.7 Å². The van der Waals surface area contributed by atoms with E-state index in [1.54, 1.807) is 0 Å². The van der Waals surface area contributed by atoms with Crippen molar-refractivity contribution in [3.8, 4) is 0 Å². The molecule has 1 rings (SSSR count). The highest BCUT2D eigenvalue weighted by molar-refractivity contribution is 5.78. The van der Waals surface area contributed by atoms with Crippen molar-refractivity contribution in [1.29, 1.82) is 0 Å². The Morgan fingerprint density at radius 2 is 2.25 bits per heavy atom. The van der Waals surface area contributed by atoms with Crippen LogP contribution in [0.3, 0.4) is 0 Å². The first-order valence-electron chi connectivity index (χ1n) is 7.82. The first kappa shape index (κ1) is 17.4. The Labute approximate surface area is 122 Å². The number of unbranched alkanes of at least 4 members (excludes halogenated alkanes) is 2. The van der Waals surface area contributed by atoms with Gasteiger partial charge >= 0.3 is 0 Å². The SMILES string of the molecule is CCCCCC(C)NC(=O)CN1CC(CO)OCC1C. The lowest BCUT2D eigenvalue weighted by Crippen LogP contribution is -2.53. The highest BCUT2D eigenvalue weighted by Crippen LogP contribution is 2.11. The van der Waals surface area contributed by atoms with Crippen LogP contribution in [0.1, 0.15) is 46.5 Å². The minimum atomic E-state index is -0.166. The van der Waals surface area contributed by atoms with E-state index in [0.717, 1.165) is 6.42 Å². The second-order valence-electron chi connectivity index (χ2n) is 5.88. The third kappa shape index (κ3) is 6.20. The maximum Gasteiger partial charge on any atom is 0.234 e. The van der Waals surface area contributed by atoms with Gasteiger partial charge in [-0.2, -0.15) is 0 Å². The maximum atomic E-state index is 12.0. The van der Waals surface area contributed by atoms with Gasteiger partial charge < -0.3 is 15.2 Å². The highest BCUT2D eigenvalue weighted by atomic mass is 16.5. The Morgan fingerprint density at radius 3 is 2.90 bits per heavy atom. The molecular weight excluding hydrogens is 256 g/mol. The number of amides is 1. The van der Waals surface area contributed by atoms with Gasteiger partial charge in [0, 0.05) is 18.6 Å². The summed E-state index contributed by atoms with van der Waals surface area (Å²) in [5.74, 6) is 0.0689. The molecule has 0 aromatic rings. The maximum absolute atomic E-state index is 12.0. The molecule has 1 amide bonds. The third-order valence-corrected chi connectivity index (χ3v) is 3.83. The fourth-order valence-corrected chi connectivity index (χ4v) is 2.48. The predicted molar refractivity (Wildman–Crippen MR) is 79.6 cm³/mol. The molecule has 1 aliphatic heterocycles. The molecule has 1 fully saturated rings. The summed E-state index contributed by atoms with van der Waals surface area (Å²) < 4.78 is 5.47. The number of nitrogens with zero attached hydrogens (tertiary/aromatic N) is 1. The van der Waals surface area contributed by atoms with Crippen molar-refractivity contribution in [2.75, 3.05) is 26.3 Å². The fraction of sp³-hybridized carbons (Fsp3) is 0.933. The molecular formula is C15H30N2O3. The van der Waals surface area contributed by atoms with Gasteiger partial charge in [0.15, 0.2) is 0 Å². The summed E-state index contributed by atoms with van der Waals surface area (Å²) in [4.78, 5) is 14.1. The molecule has 1 aliphatic rings. The number of hydrogen-bond donors (Lipinski definition) is 2. The van der Waals surface area contributed by atoms with E-state index in [4.69, 9.17) is 9.84 Å². The van der Waals surface area contributed by atoms with Gasteiger partial charge in [-0.1, -0.05) is 26.2 Å². The number of hydrogen-bond acceptors (Lipinski definition) is 4. The van der Waals surface area contributed by atoms with Crippen LogP contribution in [-0.4, -0.2) is 60.4 Å². The summed E-state index contributed by atoms with van der Waals surface area (Å²) in [6, 6.07) is 0.456. The number of carbonyl (C=O) groups excluding carboxylic acids is 1. The van der Waals surface area contributed by atoms with Crippen LogP contribution < -0.4 is 5.32 Å². The zero-order chi connectivity index (χ0) is 15.0. The van der Waals surface area contributed by atoms with Crippen molar-refractivity contribution in [2.24, 2.45) is 0 Å². The normalized spacial score (nSPS) is 25.4. The molecule has 0 saturated carbocycles. The lowest BCUT2D eigenvalue weighted by molar-refractivity contribution is -0.128. The van der Waals surface area contributed by atoms with Gasteiger partial charge in [-0.3, -0.25) is 9.69 Å². The van der Waals surface area contributed by atoms with Gasteiger partial charge in [-0.05, 0) is 20.3 Å². The van der Waals surface area contributed by atoms with Gasteiger partial charge in [0.1, 0.15) is 0 Å². The Hall–Kier alpha value is -0.650. The number of rotatable bonds is 8. The summed E-state index contributed by atoms with van der Waals surface area (Å²) in [6.45, 7) is 7.89. The van der Waals surface area contributed by atoms with Gasteiger partial charge in [-0.15, -0.1) is 0 Å². The lowest BCUT2D eigenvalue weighted by Gasteiger charge is -2.37. The Morgan fingerprint density at radius 1 is 1.50 bits per heavy atom. The van der Waals surface area contributed by atoms with E-state index in [0.29, 0.717) is 19.7 Å². The molecule has 0 spiro atoms. The first-order valence-corrected chi connectivity index (χ1v) is 7.82. The molecule has 0 bridgehead atoms. The zero-order valence-electron chi connectivity index (χ0n) is 13.1. The van der Waals surface area contributed by atoms with Crippen LogP contribution in [0.5, 0.6) is 0 Å². The largest absolute Gasteiger partial charge is 0.394 e. The molecule has 20 heavy (non-hydrogen) atoms. The first-order chi connectivity index (χ1) is 9.56. The zero-order valence-corrected chi connectivity index (χ0v) is 13.1. The summed E-state index contributed by atoms with van der Waals surface area (Å²) >= 11 is 0. The number of ether oxygens (including phenoxy) is 1. The van der Waals surface area contributed by atoms with E-state index >= 15 is 0 Å². The molecule has 5 heteroatoms. The standard InChI is InChI=1S/C15H30N2O3/c1-4-5-6-7-12(2)16-15(19)9-17-8-14(10-18)20-11-13(17)3/h12-14,18H,4-11H2,1-3H3,(H,16,19). The van der Waals surface area contributed by atoms with Gasteiger partial charge in [0.05, 0.1) is 25.9 Å². The number of aliphatic hydroxyl groups excluding tert-OH is 1. The minimum absolute atomic E-state index is 0.0122. The van der Waals surface area contributed by atoms with Crippen molar-refractivity contribution in [2.45, 2.75) is 64.6 Å². The Balaban J connectivity index is 2.29. The smallest absolute Gasteiger partial charge is 0.234 e. The van der Waals surface area contributed by atoms with E-state index in [1.807, 2.05) is 6.92 Å². The number of nitrogens with one attached hydrogen (secondary N) is 1. The van der Waals surface area contributed by atoms with Crippen molar-refractivity contribution < 1.29 is 14.6 Å². The quantitative estimate of drug-likeness (QED) is 0.657. The van der Waals surface area contributed by atoms with Gasteiger partial charge in [-0.25, -0.2) is 0 Å². The van der Waals surface area contributed by atoms with E-state index in [2.05, 4.69) is 24.1 Å². The van der Waals surface area contributed by atoms with Crippen LogP contribution in [0.25, 0.3) is 0 Å². The average Bonchev–Trinajstić information content (AvgIpc) is 2.41. The van der Waals surface area contributed by atoms with Crippen LogP contribution in [0.2, 0.25) is 0 Å². The summed E-state index contributed by atoms with van der Waals surface area (Å²) in [5.41, 5.74) is 0. The number of carbonyl (C=O) groups is 1. The van der Waals surface area contributed by atoms with Crippen molar-refractivity contribution in [1.82, 2.24) is 10.2 Å². The number of aliphatic hydroxyl groups is 1. The van der Waals surface area contributed by atoms with Gasteiger partial charge in [0.2, 0.25) is 5.91 Å². The molecule has 1 heterocycles. The third-order valence-electron chi connectivity index (χ3n) is 3.83. The van der Waals surface area contributed by atoms with Crippen molar-refractivity contribution in [3.63, 3.8) is 0 Å². The molecule has 118 valence electrons. The predicted octanol–water partition coefficient (Wildman–Crippen LogP) is 1.15. The van der Waals surface area contributed by atoms with Crippen LogP contribution >= 0.6 is 0 Å². The van der Waals surface area contributed by atoms with Crippen LogP contribution in [0.15, 0.2) is 0 Å². The van der Waals surface area contributed by atoms with E-state index in [1.165, 1.54) is 19.3 Å². The molecule has 0 aliphatic carbocycles. The summed E-state index contributed by atoms with van der Waals surface area (Å²) in [6.07, 6.45) is 4.46. The second kappa shape index (κ2) is 9.32. The van der Waals surface area contributed by atoms with Crippen molar-refractivity contribution in [3.05, 3.63) is 0 Å². The van der Waals surface area contributed by atoms with Crippen molar-refractivity contribution >= 4 is 5.91 Å². The molecule has 3 unspecified atom stereocenters. The molecule has 2 N–H and O–H groups in total. The highest BCUT2D eigenvalue weighted by Gasteiger charge is 2.27. The summed E-state index contributed by atoms with van der Waals surface area (Å²) in [5, 5.41) is 12.2. The van der Waals surface area contributed by atoms with E-state index < -0.39 is 0 Å². The minimum Gasteiger partial charge on any atom is -0.394 e. The molecule has 3 atom stereocenters. The second-order valence-corrected chi connectivity index (χ2v) is 5.88. The molecule has 0 aromatic carbocycles. The fourth-order valence-electron chi connectivity index (χ4n) is 2.48. The van der Waals surface area contributed by atoms with E-state index in [9.17, 15) is 4.79 Å². The van der Waals surface area contributed by atoms with Gasteiger partial charge in [0.25, 0.3) is 0 Å². The van der Waals surface area contributed by atoms with Crippen LogP contribution in [0, 0.1) is 0 Å². The van der Waals surface area contributed by atoms with Crippen LogP contribution in [-0.2, 0) is 9.53 Å². The Kier molecular flexibility index (Phi) is 8.11. The van der Waals surface area contributed by atoms with Crippen LogP contribution in [0.4, 0.5) is 0 Å². The number of morpholine rings is 1. The molecule has 1 saturated heterocycles. The molecule has 0 aromatic heterocycles. The molecule has 5 nitrogen and oxygen atoms in total. The molecule has 0 radical (unpaired) electrons.